The van der Waals surface area contributed by atoms with Crippen LogP contribution in [-0.4, -0.2) is 308 Å². The van der Waals surface area contributed by atoms with Gasteiger partial charge >= 0.3 is 12.2 Å². The number of nitrogens with zero attached hydrogens (tertiary/aromatic N) is 5. The van der Waals surface area contributed by atoms with E-state index in [0.29, 0.717) is 140 Å². The van der Waals surface area contributed by atoms with E-state index < -0.39 is 117 Å². The molecule has 6 saturated heterocycles. The lowest BCUT2D eigenvalue weighted by Crippen LogP contribution is -2.54. The number of rotatable bonds is 30. The van der Waals surface area contributed by atoms with Crippen LogP contribution in [0.5, 0.6) is 0 Å². The molecule has 0 saturated carbocycles. The summed E-state index contributed by atoms with van der Waals surface area (Å²) in [5.74, 6) is -6.10. The number of piperidine rings is 3. The highest BCUT2D eigenvalue weighted by atomic mass is 32.2. The zero-order valence-electron chi connectivity index (χ0n) is 67.9. The van der Waals surface area contributed by atoms with Crippen molar-refractivity contribution in [2.45, 2.75) is 166 Å². The summed E-state index contributed by atoms with van der Waals surface area (Å²) in [7, 11) is -3.50. The Morgan fingerprint density at radius 1 is 0.483 bits per heavy atom. The summed E-state index contributed by atoms with van der Waals surface area (Å²) in [5.41, 5.74) is 8.64. The van der Waals surface area contributed by atoms with Gasteiger partial charge < -0.3 is 59.6 Å². The lowest BCUT2D eigenvalue weighted by Gasteiger charge is -2.33. The maximum atomic E-state index is 13.2. The van der Waals surface area contributed by atoms with E-state index in [2.05, 4.69) is 45.9 Å². The minimum atomic E-state index is -3.50. The van der Waals surface area contributed by atoms with Crippen molar-refractivity contribution >= 4 is 93.2 Å². The summed E-state index contributed by atoms with van der Waals surface area (Å²) in [6.45, 7) is 23.1. The number of aryl methyl sites for hydroxylation is 3. The number of morpholine rings is 3. The highest BCUT2D eigenvalue weighted by Crippen LogP contribution is 2.34. The molecule has 3 aromatic carbocycles. The maximum absolute atomic E-state index is 13.2. The molecule has 9 heterocycles. The fourth-order valence-electron chi connectivity index (χ4n) is 14.4. The molecule has 14 amide bonds. The molecule has 8 N–H and O–H groups in total. The van der Waals surface area contributed by atoms with Crippen molar-refractivity contribution in [1.82, 2.24) is 56.4 Å². The van der Waals surface area contributed by atoms with Crippen LogP contribution in [0.2, 0.25) is 0 Å². The van der Waals surface area contributed by atoms with Gasteiger partial charge in [0.05, 0.1) is 104 Å². The average molecular weight is 1670 g/mol. The van der Waals surface area contributed by atoms with E-state index in [1.54, 1.807) is 42.5 Å². The monoisotopic (exact) mass is 1670 g/mol. The molecule has 12 rings (SSSR count). The van der Waals surface area contributed by atoms with E-state index in [9.17, 15) is 75.5 Å². The fraction of sp³-hybridized carbons (Fsp3) is 0.600. The van der Waals surface area contributed by atoms with Crippen LogP contribution in [-0.2, 0) is 100 Å². The largest absolute Gasteiger partial charge is 0.444 e. The summed E-state index contributed by atoms with van der Waals surface area (Å²) in [5, 5.41) is 15.2. The third-order valence-electron chi connectivity index (χ3n) is 20.0. The highest BCUT2D eigenvalue weighted by Gasteiger charge is 2.49. The molecular weight excluding hydrogens is 1560 g/mol. The zero-order valence-corrected chi connectivity index (χ0v) is 68.7. The smallest absolute Gasteiger partial charge is 0.407 e. The lowest BCUT2D eigenvalue weighted by atomic mass is 9.99. The van der Waals surface area contributed by atoms with Crippen LogP contribution >= 0.6 is 0 Å². The summed E-state index contributed by atoms with van der Waals surface area (Å²) in [4.78, 5) is 179. The Hall–Kier alpha value is -9.45. The minimum absolute atomic E-state index is 0.0475. The van der Waals surface area contributed by atoms with E-state index in [4.69, 9.17) is 43.6 Å². The van der Waals surface area contributed by atoms with Gasteiger partial charge in [-0.3, -0.25) is 102 Å². The summed E-state index contributed by atoms with van der Waals surface area (Å²) < 4.78 is 70.3. The maximum Gasteiger partial charge on any atom is 0.407 e. The first-order valence-corrected chi connectivity index (χ1v) is 41.7. The Labute approximate surface area is 685 Å². The molecule has 38 heteroatoms. The van der Waals surface area contributed by atoms with Crippen molar-refractivity contribution in [1.29, 1.82) is 0 Å². The number of benzene rings is 3. The van der Waals surface area contributed by atoms with Gasteiger partial charge in [-0.1, -0.05) is 36.4 Å². The molecule has 0 bridgehead atoms. The van der Waals surface area contributed by atoms with Gasteiger partial charge in [-0.15, -0.1) is 0 Å². The van der Waals surface area contributed by atoms with E-state index >= 15 is 0 Å². The van der Waals surface area contributed by atoms with Crippen molar-refractivity contribution in [2.75, 3.05) is 144 Å². The molecule has 9 aliphatic rings. The van der Waals surface area contributed by atoms with E-state index in [-0.39, 0.29) is 92.6 Å². The summed E-state index contributed by atoms with van der Waals surface area (Å²) in [6, 6.07) is 12.4. The SMILES string of the molecule is CC(C)(C)OC(=O)NCC1CN(CCOCCCc2cccc3c2C(=O)N(C2CCC(=O)NC2=O)C3=O)CCO1.CC(C)(C)OC(=O)NCC1CNCCO1.CS(=O)(=O)OCCOCCCc1cccc2c1C(=O)N(C1CCC(=O)NC1=O)C2=O.NCC1CN(CCOCCCc2cccc3c2C(=O)N(C2CCC(=O)NC2=O)C3=O)CCO1. The van der Waals surface area contributed by atoms with Crippen LogP contribution in [0.1, 0.15) is 178 Å². The van der Waals surface area contributed by atoms with Crippen molar-refractivity contribution in [3.63, 3.8) is 0 Å². The number of fused-ring (bicyclic) bond motifs is 3. The zero-order chi connectivity index (χ0) is 85.4. The van der Waals surface area contributed by atoms with Crippen molar-refractivity contribution < 1.29 is 118 Å². The number of nitrogens with one attached hydrogen (secondary N) is 6. The Kier molecular flexibility index (Phi) is 34.1. The van der Waals surface area contributed by atoms with Gasteiger partial charge in [0, 0.05) is 111 Å². The molecule has 37 nitrogen and oxygen atoms in total. The Bertz CT molecular complexity index is 4280. The number of hydrogen-bond acceptors (Lipinski definition) is 29. The number of alkyl carbamates (subject to hydrolysis) is 2. The van der Waals surface area contributed by atoms with Crippen LogP contribution in [0.15, 0.2) is 54.6 Å². The molecule has 6 fully saturated rings. The van der Waals surface area contributed by atoms with Gasteiger partial charge in [-0.05, 0) is 134 Å². The molecule has 646 valence electrons. The molecule has 6 atom stereocenters. The number of nitrogens with two attached hydrogens (primary N) is 1. The highest BCUT2D eigenvalue weighted by molar-refractivity contribution is 7.86. The Morgan fingerprint density at radius 3 is 1.20 bits per heavy atom. The van der Waals surface area contributed by atoms with Gasteiger partial charge in [0.15, 0.2) is 0 Å². The van der Waals surface area contributed by atoms with Gasteiger partial charge in [-0.25, -0.2) is 9.59 Å². The molecule has 6 unspecified atom stereocenters. The third-order valence-corrected chi connectivity index (χ3v) is 20.6. The number of hydrogen-bond donors (Lipinski definition) is 7. The Balaban J connectivity index is 0.000000187. The molecule has 9 aliphatic heterocycles. The van der Waals surface area contributed by atoms with Crippen molar-refractivity contribution in [3.05, 3.63) is 105 Å². The quantitative estimate of drug-likeness (QED) is 0.0282. The van der Waals surface area contributed by atoms with Crippen LogP contribution in [0.3, 0.4) is 0 Å². The number of imide groups is 6. The van der Waals surface area contributed by atoms with E-state index in [1.807, 2.05) is 53.7 Å². The number of carbonyl (C=O) groups excluding carboxylic acids is 14. The molecule has 0 aliphatic carbocycles. The number of amides is 14. The minimum Gasteiger partial charge on any atom is -0.444 e. The van der Waals surface area contributed by atoms with Crippen LogP contribution in [0.4, 0.5) is 9.59 Å². The van der Waals surface area contributed by atoms with Gasteiger partial charge in [0.1, 0.15) is 29.3 Å². The lowest BCUT2D eigenvalue weighted by molar-refractivity contribution is -0.137. The summed E-state index contributed by atoms with van der Waals surface area (Å²) >= 11 is 0. The number of ether oxygens (including phenoxy) is 8. The predicted molar refractivity (Wildman–Crippen MR) is 420 cm³/mol. The second kappa shape index (κ2) is 43.5. The van der Waals surface area contributed by atoms with Crippen LogP contribution in [0, 0.1) is 0 Å². The summed E-state index contributed by atoms with van der Waals surface area (Å²) in [6.07, 6.45) is 4.22. The first kappa shape index (κ1) is 92.4. The average Bonchev–Trinajstić information content (AvgIpc) is 1.62. The topological polar surface area (TPSA) is 471 Å². The second-order valence-corrected chi connectivity index (χ2v) is 33.0. The Morgan fingerprint density at radius 2 is 0.847 bits per heavy atom. The van der Waals surface area contributed by atoms with Crippen LogP contribution < -0.4 is 37.6 Å². The van der Waals surface area contributed by atoms with E-state index in [1.165, 1.54) is 0 Å². The second-order valence-electron chi connectivity index (χ2n) is 31.3. The molecule has 3 aromatic rings. The van der Waals surface area contributed by atoms with Gasteiger partial charge in [-0.2, -0.15) is 8.42 Å². The van der Waals surface area contributed by atoms with Gasteiger partial charge in [0.2, 0.25) is 35.4 Å². The fourth-order valence-corrected chi connectivity index (χ4v) is 14.8. The first-order valence-electron chi connectivity index (χ1n) is 39.9. The molecule has 0 aromatic heterocycles. The van der Waals surface area contributed by atoms with Gasteiger partial charge in [0.25, 0.3) is 45.6 Å². The molecule has 0 radical (unpaired) electrons. The van der Waals surface area contributed by atoms with Crippen LogP contribution in [0.25, 0.3) is 0 Å². The van der Waals surface area contributed by atoms with Crippen molar-refractivity contribution in [3.8, 4) is 0 Å². The molecule has 0 spiro atoms. The van der Waals surface area contributed by atoms with E-state index in [0.717, 1.165) is 77.9 Å². The molecular formula is C80H110N12O25S. The third kappa shape index (κ3) is 26.8. The van der Waals surface area contributed by atoms with Crippen molar-refractivity contribution in [2.24, 2.45) is 5.73 Å². The standard InChI is InChI=1S/C28H38N4O8.C23H30N4O6.C19H22N2O8S.C10H20N2O3/c1-28(2,3)40-27(37)29-16-19-17-31(12-15-39-19)11-14-38-13-5-7-18-6-4-8-20-23(18)26(36)32(25(20)35)21-9-10-22(33)30-24(21)34;24-13-16-14-26(9-12-33-16)8-11-32-10-2-4-15-3-1-5-17-20(15)23(31)27(22(17)30)18-6-7-19(28)25-21(18)29;1-30(26,27)29-11-10-28-9-3-5-12-4-2-6-13-16(12)19(25)21(18(13)24)14-7-8-15(22)20-17(14)23;1-10(2,3)15-9(13)12-7-8-6-11-4-5-14-8/h4,6,8,19,21H,5,7,9-17H2,1-3H3,(H,29,37)(H,30,33,34);1,3,5,16,18H,2,4,6-14,24H2,(H,25,28,29);2,4,6,14H,3,5,7-11H2,1H3,(H,20,22,23);8,11H,4-7H2,1-3H3,(H,12,13). The number of carbonyl (C=O) groups is 14. The molecule has 118 heavy (non-hydrogen) atoms. The normalized spacial score (nSPS) is 21.7. The first-order chi connectivity index (χ1) is 56.2. The predicted octanol–water partition coefficient (Wildman–Crippen LogP) is 1.47.